The van der Waals surface area contributed by atoms with E-state index in [-0.39, 0.29) is 23.0 Å². The van der Waals surface area contributed by atoms with Gasteiger partial charge in [-0.1, -0.05) is 12.1 Å². The molecular weight excluding hydrogens is 206 g/mol. The lowest BCUT2D eigenvalue weighted by Gasteiger charge is -2.08. The number of phenols is 1. The second kappa shape index (κ2) is 5.80. The van der Waals surface area contributed by atoms with Gasteiger partial charge in [0.05, 0.1) is 12.7 Å². The third kappa shape index (κ3) is 2.76. The van der Waals surface area contributed by atoms with Crippen molar-refractivity contribution in [2.24, 2.45) is 0 Å². The lowest BCUT2D eigenvalue weighted by molar-refractivity contribution is 0.0951. The average molecular weight is 221 g/mol. The summed E-state index contributed by atoms with van der Waals surface area (Å²) in [5.41, 5.74) is 0.211. The highest BCUT2D eigenvalue weighted by Gasteiger charge is 2.13. The molecule has 0 bridgehead atoms. The number of nitrogens with one attached hydrogen (secondary N) is 1. The van der Waals surface area contributed by atoms with Crippen LogP contribution in [0, 0.1) is 0 Å². The molecular formula is C12H15NO3. The van der Waals surface area contributed by atoms with E-state index in [1.807, 2.05) is 0 Å². The fourth-order valence-electron chi connectivity index (χ4n) is 1.25. The molecule has 0 aliphatic heterocycles. The minimum Gasteiger partial charge on any atom is -0.504 e. The van der Waals surface area contributed by atoms with E-state index in [0.717, 1.165) is 0 Å². The molecule has 0 radical (unpaired) electrons. The molecule has 1 rings (SSSR count). The second-order valence-electron chi connectivity index (χ2n) is 3.19. The molecule has 1 aromatic rings. The maximum absolute atomic E-state index is 11.6. The summed E-state index contributed by atoms with van der Waals surface area (Å²) in [6.07, 6.45) is 2.40. The summed E-state index contributed by atoms with van der Waals surface area (Å²) in [5, 5.41) is 12.4. The quantitative estimate of drug-likeness (QED) is 0.587. The number of amides is 1. The monoisotopic (exact) mass is 221 g/mol. The molecule has 1 aromatic carbocycles. The fraction of sp³-hybridized carbons (Fsp3) is 0.250. The predicted molar refractivity (Wildman–Crippen MR) is 61.8 cm³/mol. The Labute approximate surface area is 94.6 Å². The molecule has 86 valence electrons. The van der Waals surface area contributed by atoms with Crippen LogP contribution in [-0.4, -0.2) is 24.7 Å². The van der Waals surface area contributed by atoms with E-state index in [0.29, 0.717) is 13.0 Å². The molecule has 0 saturated carbocycles. The van der Waals surface area contributed by atoms with Gasteiger partial charge in [-0.25, -0.2) is 0 Å². The van der Waals surface area contributed by atoms with E-state index >= 15 is 0 Å². The fourth-order valence-corrected chi connectivity index (χ4v) is 1.25. The van der Waals surface area contributed by atoms with Crippen LogP contribution in [0.15, 0.2) is 30.9 Å². The van der Waals surface area contributed by atoms with Gasteiger partial charge in [0.25, 0.3) is 5.91 Å². The minimum atomic E-state index is -0.321. The number of methoxy groups -OCH3 is 1. The van der Waals surface area contributed by atoms with Gasteiger partial charge in [-0.05, 0) is 18.6 Å². The third-order valence-electron chi connectivity index (χ3n) is 2.10. The van der Waals surface area contributed by atoms with Crippen molar-refractivity contribution in [2.45, 2.75) is 6.42 Å². The van der Waals surface area contributed by atoms with E-state index in [9.17, 15) is 9.90 Å². The molecule has 0 spiro atoms. The maximum atomic E-state index is 11.6. The van der Waals surface area contributed by atoms with Crippen molar-refractivity contribution in [1.29, 1.82) is 0 Å². The van der Waals surface area contributed by atoms with Crippen molar-refractivity contribution in [2.75, 3.05) is 13.7 Å². The Morgan fingerprint density at radius 1 is 1.62 bits per heavy atom. The number of ether oxygens (including phenoxy) is 1. The standard InChI is InChI=1S/C12H15NO3/c1-3-4-8-13-12(15)9-6-5-7-10(16-2)11(9)14/h3,5-7,14H,1,4,8H2,2H3,(H,13,15). The van der Waals surface area contributed by atoms with Gasteiger partial charge < -0.3 is 15.2 Å². The lowest BCUT2D eigenvalue weighted by atomic mass is 10.1. The Kier molecular flexibility index (Phi) is 4.39. The van der Waals surface area contributed by atoms with E-state index in [1.165, 1.54) is 7.11 Å². The molecule has 0 fully saturated rings. The van der Waals surface area contributed by atoms with Gasteiger partial charge in [0.1, 0.15) is 0 Å². The summed E-state index contributed by atoms with van der Waals surface area (Å²) in [7, 11) is 1.44. The van der Waals surface area contributed by atoms with Gasteiger partial charge in [-0.15, -0.1) is 6.58 Å². The largest absolute Gasteiger partial charge is 0.504 e. The summed E-state index contributed by atoms with van der Waals surface area (Å²) in [6, 6.07) is 4.79. The van der Waals surface area contributed by atoms with Gasteiger partial charge in [0.2, 0.25) is 0 Å². The van der Waals surface area contributed by atoms with Crippen molar-refractivity contribution in [3.8, 4) is 11.5 Å². The molecule has 0 atom stereocenters. The Morgan fingerprint density at radius 2 is 2.38 bits per heavy atom. The zero-order valence-corrected chi connectivity index (χ0v) is 9.19. The average Bonchev–Trinajstić information content (AvgIpc) is 2.29. The van der Waals surface area contributed by atoms with Crippen molar-refractivity contribution in [1.82, 2.24) is 5.32 Å². The molecule has 0 heterocycles. The first kappa shape index (κ1) is 12.1. The maximum Gasteiger partial charge on any atom is 0.255 e. The molecule has 1 amide bonds. The number of carbonyl (C=O) groups is 1. The van der Waals surface area contributed by atoms with Crippen LogP contribution in [0.25, 0.3) is 0 Å². The Hall–Kier alpha value is -1.97. The van der Waals surface area contributed by atoms with Crippen molar-refractivity contribution >= 4 is 5.91 Å². The van der Waals surface area contributed by atoms with Crippen LogP contribution in [0.3, 0.4) is 0 Å². The summed E-state index contributed by atoms with van der Waals surface area (Å²) < 4.78 is 4.92. The summed E-state index contributed by atoms with van der Waals surface area (Å²) in [5.74, 6) is -0.171. The summed E-state index contributed by atoms with van der Waals surface area (Å²) >= 11 is 0. The van der Waals surface area contributed by atoms with Crippen LogP contribution in [0.2, 0.25) is 0 Å². The molecule has 0 aliphatic rings. The van der Waals surface area contributed by atoms with Crippen LogP contribution in [0.1, 0.15) is 16.8 Å². The lowest BCUT2D eigenvalue weighted by Crippen LogP contribution is -2.24. The minimum absolute atomic E-state index is 0.138. The van der Waals surface area contributed by atoms with E-state index < -0.39 is 0 Å². The van der Waals surface area contributed by atoms with E-state index in [4.69, 9.17) is 4.74 Å². The number of aromatic hydroxyl groups is 1. The Morgan fingerprint density at radius 3 is 3.00 bits per heavy atom. The highest BCUT2D eigenvalue weighted by atomic mass is 16.5. The first-order valence-electron chi connectivity index (χ1n) is 4.95. The van der Waals surface area contributed by atoms with Gasteiger partial charge in [-0.3, -0.25) is 4.79 Å². The number of carbonyl (C=O) groups excluding carboxylic acids is 1. The van der Waals surface area contributed by atoms with Crippen molar-refractivity contribution < 1.29 is 14.6 Å². The summed E-state index contributed by atoms with van der Waals surface area (Å²) in [6.45, 7) is 4.05. The number of phenolic OH excluding ortho intramolecular Hbond substituents is 1. The van der Waals surface area contributed by atoms with Gasteiger partial charge in [-0.2, -0.15) is 0 Å². The molecule has 0 aliphatic carbocycles. The topological polar surface area (TPSA) is 58.6 Å². The second-order valence-corrected chi connectivity index (χ2v) is 3.19. The number of hydrogen-bond acceptors (Lipinski definition) is 3. The highest BCUT2D eigenvalue weighted by Crippen LogP contribution is 2.28. The number of benzene rings is 1. The Balaban J connectivity index is 2.79. The first-order chi connectivity index (χ1) is 7.70. The zero-order valence-electron chi connectivity index (χ0n) is 9.19. The predicted octanol–water partition coefficient (Wildman–Crippen LogP) is 1.71. The summed E-state index contributed by atoms with van der Waals surface area (Å²) in [4.78, 5) is 11.6. The van der Waals surface area contributed by atoms with Gasteiger partial charge in [0.15, 0.2) is 11.5 Å². The van der Waals surface area contributed by atoms with E-state index in [1.54, 1.807) is 24.3 Å². The van der Waals surface area contributed by atoms with Crippen LogP contribution in [-0.2, 0) is 0 Å². The molecule has 2 N–H and O–H groups in total. The van der Waals surface area contributed by atoms with Gasteiger partial charge in [0, 0.05) is 6.54 Å². The zero-order chi connectivity index (χ0) is 12.0. The number of para-hydroxylation sites is 1. The highest BCUT2D eigenvalue weighted by molar-refractivity contribution is 5.97. The van der Waals surface area contributed by atoms with Crippen molar-refractivity contribution in [3.05, 3.63) is 36.4 Å². The van der Waals surface area contributed by atoms with Crippen LogP contribution < -0.4 is 10.1 Å². The number of hydrogen-bond donors (Lipinski definition) is 2. The van der Waals surface area contributed by atoms with Gasteiger partial charge >= 0.3 is 0 Å². The normalized spacial score (nSPS) is 9.56. The molecule has 16 heavy (non-hydrogen) atoms. The molecule has 0 unspecified atom stereocenters. The van der Waals surface area contributed by atoms with Crippen LogP contribution >= 0.6 is 0 Å². The molecule has 4 heteroatoms. The Bertz CT molecular complexity index is 388. The molecule has 4 nitrogen and oxygen atoms in total. The third-order valence-corrected chi connectivity index (χ3v) is 2.10. The first-order valence-corrected chi connectivity index (χ1v) is 4.95. The number of rotatable bonds is 5. The van der Waals surface area contributed by atoms with Crippen LogP contribution in [0.5, 0.6) is 11.5 Å². The smallest absolute Gasteiger partial charge is 0.255 e. The van der Waals surface area contributed by atoms with Crippen LogP contribution in [0.4, 0.5) is 0 Å². The molecule has 0 aromatic heterocycles. The van der Waals surface area contributed by atoms with Crippen molar-refractivity contribution in [3.63, 3.8) is 0 Å². The van der Waals surface area contributed by atoms with E-state index in [2.05, 4.69) is 11.9 Å². The SMILES string of the molecule is C=CCCNC(=O)c1cccc(OC)c1O. The molecule has 0 saturated heterocycles.